The first kappa shape index (κ1) is 15.3. The molecule has 2 heterocycles. The van der Waals surface area contributed by atoms with Crippen LogP contribution in [0.3, 0.4) is 0 Å². The molecular weight excluding hydrogens is 266 g/mol. The highest BCUT2D eigenvalue weighted by atomic mass is 16.2. The molecule has 1 amide bonds. The van der Waals surface area contributed by atoms with E-state index in [1.807, 2.05) is 19.2 Å². The molecule has 0 aromatic carbocycles. The molecule has 0 saturated heterocycles. The van der Waals surface area contributed by atoms with Crippen molar-refractivity contribution in [2.24, 2.45) is 13.0 Å². The number of aromatic amines is 1. The van der Waals surface area contributed by atoms with Crippen molar-refractivity contribution in [1.29, 1.82) is 0 Å². The van der Waals surface area contributed by atoms with Crippen molar-refractivity contribution in [3.63, 3.8) is 0 Å². The van der Waals surface area contributed by atoms with Gasteiger partial charge in [0.15, 0.2) is 0 Å². The van der Waals surface area contributed by atoms with Gasteiger partial charge in [0, 0.05) is 12.7 Å². The minimum absolute atomic E-state index is 0.108. The van der Waals surface area contributed by atoms with Crippen molar-refractivity contribution in [2.75, 3.05) is 0 Å². The molecule has 21 heavy (non-hydrogen) atoms. The highest BCUT2D eigenvalue weighted by molar-refractivity contribution is 5.92. The molecule has 0 unspecified atom stereocenters. The van der Waals surface area contributed by atoms with Crippen LogP contribution in [0, 0.1) is 5.92 Å². The van der Waals surface area contributed by atoms with Crippen LogP contribution in [0.1, 0.15) is 55.2 Å². The molecular formula is C15H23N5O. The van der Waals surface area contributed by atoms with Gasteiger partial charge in [0.1, 0.15) is 17.8 Å². The van der Waals surface area contributed by atoms with Crippen LogP contribution >= 0.6 is 0 Å². The summed E-state index contributed by atoms with van der Waals surface area (Å²) in [5.74, 6) is 1.12. The molecule has 2 aromatic rings. The van der Waals surface area contributed by atoms with Crippen molar-refractivity contribution in [2.45, 2.75) is 39.7 Å². The Morgan fingerprint density at radius 1 is 1.43 bits per heavy atom. The molecule has 2 N–H and O–H groups in total. The second-order valence-electron chi connectivity index (χ2n) is 5.65. The monoisotopic (exact) mass is 289 g/mol. The van der Waals surface area contributed by atoms with Gasteiger partial charge in [-0.15, -0.1) is 0 Å². The maximum absolute atomic E-state index is 12.4. The molecule has 6 heteroatoms. The summed E-state index contributed by atoms with van der Waals surface area (Å²) < 4.78 is 1.71. The lowest BCUT2D eigenvalue weighted by molar-refractivity contribution is 0.0924. The van der Waals surface area contributed by atoms with Gasteiger partial charge in [-0.25, -0.2) is 4.98 Å². The van der Waals surface area contributed by atoms with Crippen LogP contribution in [-0.4, -0.2) is 25.7 Å². The van der Waals surface area contributed by atoms with E-state index in [2.05, 4.69) is 41.2 Å². The summed E-state index contributed by atoms with van der Waals surface area (Å²) in [5, 5.41) is 7.14. The van der Waals surface area contributed by atoms with Gasteiger partial charge in [0.05, 0.1) is 6.04 Å². The first-order valence-electron chi connectivity index (χ1n) is 7.33. The first-order valence-corrected chi connectivity index (χ1v) is 7.33. The van der Waals surface area contributed by atoms with Gasteiger partial charge < -0.3 is 10.3 Å². The minimum Gasteiger partial charge on any atom is -0.354 e. The molecule has 0 bridgehead atoms. The number of carbonyl (C=O) groups is 1. The van der Waals surface area contributed by atoms with E-state index in [0.29, 0.717) is 11.6 Å². The predicted molar refractivity (Wildman–Crippen MR) is 80.8 cm³/mol. The van der Waals surface area contributed by atoms with E-state index >= 15 is 0 Å². The Labute approximate surface area is 125 Å². The molecule has 1 atom stereocenters. The largest absolute Gasteiger partial charge is 0.354 e. The molecule has 2 aromatic heterocycles. The Balaban J connectivity index is 2.15. The van der Waals surface area contributed by atoms with Crippen LogP contribution in [-0.2, 0) is 13.5 Å². The summed E-state index contributed by atoms with van der Waals surface area (Å²) in [6, 6.07) is 3.62. The fraction of sp³-hybridized carbons (Fsp3) is 0.533. The van der Waals surface area contributed by atoms with Crippen molar-refractivity contribution in [3.05, 3.63) is 35.7 Å². The fourth-order valence-electron chi connectivity index (χ4n) is 2.34. The van der Waals surface area contributed by atoms with E-state index in [4.69, 9.17) is 0 Å². The van der Waals surface area contributed by atoms with Crippen LogP contribution in [0.15, 0.2) is 18.5 Å². The highest BCUT2D eigenvalue weighted by Crippen LogP contribution is 2.19. The van der Waals surface area contributed by atoms with Crippen molar-refractivity contribution < 1.29 is 4.79 Å². The number of carbonyl (C=O) groups excluding carboxylic acids is 1. The summed E-state index contributed by atoms with van der Waals surface area (Å²) in [6.45, 7) is 6.30. The number of H-pyrrole nitrogens is 1. The van der Waals surface area contributed by atoms with Gasteiger partial charge in [-0.3, -0.25) is 9.48 Å². The number of hydrogen-bond acceptors (Lipinski definition) is 3. The molecule has 0 aliphatic heterocycles. The van der Waals surface area contributed by atoms with E-state index in [1.54, 1.807) is 4.68 Å². The Morgan fingerprint density at radius 2 is 2.19 bits per heavy atom. The van der Waals surface area contributed by atoms with Crippen LogP contribution in [0.2, 0.25) is 0 Å². The number of aryl methyl sites for hydroxylation is 2. The maximum atomic E-state index is 12.4. The van der Waals surface area contributed by atoms with Crippen molar-refractivity contribution >= 4 is 5.91 Å². The van der Waals surface area contributed by atoms with E-state index in [-0.39, 0.29) is 11.9 Å². The van der Waals surface area contributed by atoms with Crippen LogP contribution < -0.4 is 5.32 Å². The Kier molecular flexibility index (Phi) is 4.77. The number of nitrogens with one attached hydrogen (secondary N) is 2. The standard InChI is InChI=1S/C15H23N5O/c1-5-11-6-7-12(18-11)15(21)19-13(8-10(2)3)14-16-9-17-20(14)4/h6-7,9-10,13,18H,5,8H2,1-4H3,(H,19,21)/t13-/m0/s1. The Bertz CT molecular complexity index is 599. The molecule has 114 valence electrons. The summed E-state index contributed by atoms with van der Waals surface area (Å²) in [4.78, 5) is 19.8. The van der Waals surface area contributed by atoms with Gasteiger partial charge in [0.2, 0.25) is 0 Å². The third-order valence-electron chi connectivity index (χ3n) is 3.44. The van der Waals surface area contributed by atoms with Crippen molar-refractivity contribution in [3.8, 4) is 0 Å². The Hall–Kier alpha value is -2.11. The topological polar surface area (TPSA) is 75.6 Å². The quantitative estimate of drug-likeness (QED) is 0.856. The minimum atomic E-state index is -0.140. The summed E-state index contributed by atoms with van der Waals surface area (Å²) in [7, 11) is 1.84. The van der Waals surface area contributed by atoms with Gasteiger partial charge in [-0.1, -0.05) is 20.8 Å². The lowest BCUT2D eigenvalue weighted by Gasteiger charge is -2.19. The summed E-state index contributed by atoms with van der Waals surface area (Å²) in [5.41, 5.74) is 1.64. The second-order valence-corrected chi connectivity index (χ2v) is 5.65. The van der Waals surface area contributed by atoms with Crippen LogP contribution in [0.5, 0.6) is 0 Å². The number of amides is 1. The third kappa shape index (κ3) is 3.71. The smallest absolute Gasteiger partial charge is 0.268 e. The SMILES string of the molecule is CCc1ccc(C(=O)N[C@@H](CC(C)C)c2ncnn2C)[nH]1. The number of hydrogen-bond donors (Lipinski definition) is 2. The molecule has 0 radical (unpaired) electrons. The van der Waals surface area contributed by atoms with Gasteiger partial charge >= 0.3 is 0 Å². The molecule has 0 aliphatic carbocycles. The highest BCUT2D eigenvalue weighted by Gasteiger charge is 2.21. The number of aromatic nitrogens is 4. The zero-order valence-electron chi connectivity index (χ0n) is 13.1. The second kappa shape index (κ2) is 6.56. The van der Waals surface area contributed by atoms with Crippen LogP contribution in [0.4, 0.5) is 0 Å². The molecule has 2 rings (SSSR count). The number of nitrogens with zero attached hydrogens (tertiary/aromatic N) is 3. The fourth-order valence-corrected chi connectivity index (χ4v) is 2.34. The van der Waals surface area contributed by atoms with Gasteiger partial charge in [-0.05, 0) is 30.9 Å². The zero-order chi connectivity index (χ0) is 15.4. The van der Waals surface area contributed by atoms with E-state index in [1.165, 1.54) is 6.33 Å². The Morgan fingerprint density at radius 3 is 2.71 bits per heavy atom. The molecule has 0 spiro atoms. The molecule has 0 aliphatic rings. The van der Waals surface area contributed by atoms with Crippen molar-refractivity contribution in [1.82, 2.24) is 25.1 Å². The molecule has 0 fully saturated rings. The maximum Gasteiger partial charge on any atom is 0.268 e. The molecule has 0 saturated carbocycles. The lowest BCUT2D eigenvalue weighted by atomic mass is 10.0. The molecule has 6 nitrogen and oxygen atoms in total. The average molecular weight is 289 g/mol. The summed E-state index contributed by atoms with van der Waals surface area (Å²) >= 11 is 0. The third-order valence-corrected chi connectivity index (χ3v) is 3.44. The van der Waals surface area contributed by atoms with Gasteiger partial charge in [0.25, 0.3) is 5.91 Å². The normalized spacial score (nSPS) is 12.6. The zero-order valence-corrected chi connectivity index (χ0v) is 13.1. The van der Waals surface area contributed by atoms with E-state index < -0.39 is 0 Å². The van der Waals surface area contributed by atoms with E-state index in [9.17, 15) is 4.79 Å². The first-order chi connectivity index (χ1) is 10.0. The summed E-state index contributed by atoms with van der Waals surface area (Å²) in [6.07, 6.45) is 3.21. The van der Waals surface area contributed by atoms with Gasteiger partial charge in [-0.2, -0.15) is 5.10 Å². The average Bonchev–Trinajstić information content (AvgIpc) is 3.05. The van der Waals surface area contributed by atoms with Crippen LogP contribution in [0.25, 0.3) is 0 Å². The predicted octanol–water partition coefficient (Wildman–Crippen LogP) is 2.22. The lowest BCUT2D eigenvalue weighted by Crippen LogP contribution is -2.31. The van der Waals surface area contributed by atoms with E-state index in [0.717, 1.165) is 24.4 Å². The number of rotatable bonds is 6.